The number of sulfonamides is 1. The van der Waals surface area contributed by atoms with E-state index in [-0.39, 0.29) is 24.1 Å². The van der Waals surface area contributed by atoms with Crippen LogP contribution in [0.4, 0.5) is 10.5 Å². The summed E-state index contributed by atoms with van der Waals surface area (Å²) in [4.78, 5) is 16.5. The van der Waals surface area contributed by atoms with E-state index in [4.69, 9.17) is 0 Å². The summed E-state index contributed by atoms with van der Waals surface area (Å²) in [6.45, 7) is 0.277. The van der Waals surface area contributed by atoms with Crippen LogP contribution in [-0.2, 0) is 10.0 Å². The van der Waals surface area contributed by atoms with Crippen molar-refractivity contribution in [2.24, 2.45) is 0 Å². The third kappa shape index (κ3) is 4.35. The van der Waals surface area contributed by atoms with Gasteiger partial charge < -0.3 is 15.5 Å². The molecular weight excluding hydrogens is 282 g/mol. The summed E-state index contributed by atoms with van der Waals surface area (Å²) in [7, 11) is 1.12. The summed E-state index contributed by atoms with van der Waals surface area (Å²) in [5.74, 6) is 0. The van der Waals surface area contributed by atoms with Gasteiger partial charge in [-0.2, -0.15) is 0 Å². The van der Waals surface area contributed by atoms with E-state index in [1.807, 2.05) is 0 Å². The summed E-state index contributed by atoms with van der Waals surface area (Å²) in [6, 6.07) is 2.98. The van der Waals surface area contributed by atoms with Crippen molar-refractivity contribution in [3.05, 3.63) is 18.3 Å². The van der Waals surface area contributed by atoms with E-state index in [2.05, 4.69) is 20.3 Å². The lowest BCUT2D eigenvalue weighted by Crippen LogP contribution is -2.39. The second-order valence-corrected chi connectivity index (χ2v) is 5.81. The SMILES string of the molecule is CNc1cccnc1S(=O)(=O)NCCNC(=O)N(C)C. The maximum absolute atomic E-state index is 12.1. The van der Waals surface area contributed by atoms with Gasteiger partial charge in [0.1, 0.15) is 0 Å². The van der Waals surface area contributed by atoms with Gasteiger partial charge >= 0.3 is 6.03 Å². The first-order valence-corrected chi connectivity index (χ1v) is 7.44. The molecule has 0 saturated heterocycles. The van der Waals surface area contributed by atoms with Crippen LogP contribution in [-0.4, -0.2) is 58.6 Å². The van der Waals surface area contributed by atoms with Gasteiger partial charge in [0.2, 0.25) is 0 Å². The molecule has 1 aromatic heterocycles. The molecule has 0 aliphatic rings. The molecular formula is C11H19N5O3S. The summed E-state index contributed by atoms with van der Waals surface area (Å²) in [6.07, 6.45) is 1.41. The molecule has 0 aromatic carbocycles. The van der Waals surface area contributed by atoms with Crippen molar-refractivity contribution in [1.82, 2.24) is 19.9 Å². The third-order valence-electron chi connectivity index (χ3n) is 2.39. The van der Waals surface area contributed by atoms with Crippen LogP contribution < -0.4 is 15.4 Å². The number of anilines is 1. The molecule has 0 unspecified atom stereocenters. The summed E-state index contributed by atoms with van der Waals surface area (Å²) in [5.41, 5.74) is 0.414. The first kappa shape index (κ1) is 16.2. The Kier molecular flexibility index (Phi) is 5.71. The normalized spacial score (nSPS) is 10.9. The highest BCUT2D eigenvalue weighted by molar-refractivity contribution is 7.89. The minimum atomic E-state index is -3.71. The lowest BCUT2D eigenvalue weighted by molar-refractivity contribution is 0.217. The number of amides is 2. The Morgan fingerprint density at radius 3 is 2.65 bits per heavy atom. The molecule has 1 rings (SSSR count). The Labute approximate surface area is 118 Å². The van der Waals surface area contributed by atoms with E-state index in [0.29, 0.717) is 5.69 Å². The van der Waals surface area contributed by atoms with Crippen molar-refractivity contribution in [3.8, 4) is 0 Å². The molecule has 1 heterocycles. The predicted molar refractivity (Wildman–Crippen MR) is 76.1 cm³/mol. The summed E-state index contributed by atoms with van der Waals surface area (Å²) < 4.78 is 26.5. The molecule has 0 aliphatic carbocycles. The standard InChI is InChI=1S/C11H19N5O3S/c1-12-9-5-4-6-13-10(9)20(18,19)15-8-7-14-11(17)16(2)3/h4-6,12,15H,7-8H2,1-3H3,(H,14,17). The zero-order valence-corrected chi connectivity index (χ0v) is 12.5. The Hall–Kier alpha value is -1.87. The van der Waals surface area contributed by atoms with Crippen LogP contribution in [0.2, 0.25) is 0 Å². The van der Waals surface area contributed by atoms with Crippen molar-refractivity contribution in [3.63, 3.8) is 0 Å². The van der Waals surface area contributed by atoms with Gasteiger partial charge in [-0.3, -0.25) is 0 Å². The number of hydrogen-bond donors (Lipinski definition) is 3. The zero-order valence-electron chi connectivity index (χ0n) is 11.7. The van der Waals surface area contributed by atoms with E-state index < -0.39 is 10.0 Å². The molecule has 1 aromatic rings. The topological polar surface area (TPSA) is 103 Å². The van der Waals surface area contributed by atoms with E-state index in [1.165, 1.54) is 11.1 Å². The fraction of sp³-hybridized carbons (Fsp3) is 0.455. The number of aromatic nitrogens is 1. The molecule has 8 nitrogen and oxygen atoms in total. The highest BCUT2D eigenvalue weighted by atomic mass is 32.2. The Bertz CT molecular complexity index is 559. The van der Waals surface area contributed by atoms with Gasteiger partial charge in [-0.15, -0.1) is 0 Å². The molecule has 0 radical (unpaired) electrons. The van der Waals surface area contributed by atoms with Gasteiger partial charge in [0.25, 0.3) is 10.0 Å². The Balaban J connectivity index is 2.60. The number of carbonyl (C=O) groups excluding carboxylic acids is 1. The number of carbonyl (C=O) groups is 1. The van der Waals surface area contributed by atoms with Crippen molar-refractivity contribution in [1.29, 1.82) is 0 Å². The first-order chi connectivity index (χ1) is 9.38. The molecule has 0 spiro atoms. The number of rotatable bonds is 6. The van der Waals surface area contributed by atoms with Gasteiger partial charge in [-0.25, -0.2) is 22.9 Å². The number of nitrogens with zero attached hydrogens (tertiary/aromatic N) is 2. The molecule has 2 amide bonds. The van der Waals surface area contributed by atoms with E-state index in [1.54, 1.807) is 33.3 Å². The third-order valence-corrected chi connectivity index (χ3v) is 3.81. The first-order valence-electron chi connectivity index (χ1n) is 5.96. The average molecular weight is 301 g/mol. The maximum atomic E-state index is 12.1. The van der Waals surface area contributed by atoms with E-state index in [0.717, 1.165) is 0 Å². The lowest BCUT2D eigenvalue weighted by atomic mass is 10.4. The highest BCUT2D eigenvalue weighted by Gasteiger charge is 2.18. The fourth-order valence-electron chi connectivity index (χ4n) is 1.38. The van der Waals surface area contributed by atoms with Crippen molar-refractivity contribution >= 4 is 21.7 Å². The van der Waals surface area contributed by atoms with Gasteiger partial charge in [0.05, 0.1) is 5.69 Å². The van der Waals surface area contributed by atoms with Crippen LogP contribution in [0, 0.1) is 0 Å². The second kappa shape index (κ2) is 7.06. The van der Waals surface area contributed by atoms with Crippen LogP contribution in [0.15, 0.2) is 23.4 Å². The predicted octanol–water partition coefficient (Wildman–Crippen LogP) is -0.327. The minimum Gasteiger partial charge on any atom is -0.386 e. The molecule has 3 N–H and O–H groups in total. The number of pyridine rings is 1. The fourth-order valence-corrected chi connectivity index (χ4v) is 2.54. The number of nitrogens with one attached hydrogen (secondary N) is 3. The number of urea groups is 1. The Morgan fingerprint density at radius 2 is 2.05 bits per heavy atom. The molecule has 9 heteroatoms. The van der Waals surface area contributed by atoms with Crippen molar-refractivity contribution in [2.45, 2.75) is 5.03 Å². The van der Waals surface area contributed by atoms with E-state index >= 15 is 0 Å². The van der Waals surface area contributed by atoms with E-state index in [9.17, 15) is 13.2 Å². The minimum absolute atomic E-state index is 0.0681. The van der Waals surface area contributed by atoms with Gasteiger partial charge in [-0.1, -0.05) is 0 Å². The number of hydrogen-bond acceptors (Lipinski definition) is 5. The van der Waals surface area contributed by atoms with Crippen LogP contribution in [0.5, 0.6) is 0 Å². The van der Waals surface area contributed by atoms with Crippen LogP contribution >= 0.6 is 0 Å². The van der Waals surface area contributed by atoms with Crippen LogP contribution in [0.3, 0.4) is 0 Å². The smallest absolute Gasteiger partial charge is 0.316 e. The molecule has 0 atom stereocenters. The van der Waals surface area contributed by atoms with Crippen molar-refractivity contribution in [2.75, 3.05) is 39.5 Å². The summed E-state index contributed by atoms with van der Waals surface area (Å²) >= 11 is 0. The molecule has 20 heavy (non-hydrogen) atoms. The van der Waals surface area contributed by atoms with Gasteiger partial charge in [-0.05, 0) is 12.1 Å². The van der Waals surface area contributed by atoms with Crippen molar-refractivity contribution < 1.29 is 13.2 Å². The summed E-state index contributed by atoms with van der Waals surface area (Å²) in [5, 5.41) is 5.26. The highest BCUT2D eigenvalue weighted by Crippen LogP contribution is 2.16. The Morgan fingerprint density at radius 1 is 1.35 bits per heavy atom. The molecule has 0 fully saturated rings. The van der Waals surface area contributed by atoms with Crippen LogP contribution in [0.1, 0.15) is 0 Å². The average Bonchev–Trinajstić information content (AvgIpc) is 2.43. The molecule has 112 valence electrons. The molecule has 0 aliphatic heterocycles. The monoisotopic (exact) mass is 301 g/mol. The molecule has 0 saturated carbocycles. The molecule has 0 bridgehead atoms. The van der Waals surface area contributed by atoms with Gasteiger partial charge in [0.15, 0.2) is 5.03 Å². The van der Waals surface area contributed by atoms with Crippen LogP contribution in [0.25, 0.3) is 0 Å². The second-order valence-electron chi connectivity index (χ2n) is 4.13. The largest absolute Gasteiger partial charge is 0.386 e. The maximum Gasteiger partial charge on any atom is 0.316 e. The van der Waals surface area contributed by atoms with Gasteiger partial charge in [0, 0.05) is 40.4 Å². The quantitative estimate of drug-likeness (QED) is 0.624. The zero-order chi connectivity index (χ0) is 15.2. The lowest BCUT2D eigenvalue weighted by Gasteiger charge is -2.13.